The van der Waals surface area contributed by atoms with Gasteiger partial charge in [-0.25, -0.2) is 0 Å². The molecule has 0 bridgehead atoms. The molecule has 92 valence electrons. The highest BCUT2D eigenvalue weighted by atomic mass is 16.5. The van der Waals surface area contributed by atoms with Crippen LogP contribution in [0.3, 0.4) is 0 Å². The van der Waals surface area contributed by atoms with Crippen molar-refractivity contribution in [3.63, 3.8) is 0 Å². The van der Waals surface area contributed by atoms with Crippen molar-refractivity contribution in [2.45, 2.75) is 33.6 Å². The first kappa shape index (κ1) is 14.9. The number of aliphatic hydroxyl groups excluding tert-OH is 1. The van der Waals surface area contributed by atoms with Crippen molar-refractivity contribution in [3.8, 4) is 0 Å². The van der Waals surface area contributed by atoms with Gasteiger partial charge in [0.25, 0.3) is 0 Å². The predicted octanol–water partition coefficient (Wildman–Crippen LogP) is 1.75. The van der Waals surface area contributed by atoms with E-state index in [9.17, 15) is 5.11 Å². The Kier molecular flexibility index (Phi) is 8.02. The van der Waals surface area contributed by atoms with Crippen LogP contribution in [0.15, 0.2) is 0 Å². The van der Waals surface area contributed by atoms with Crippen molar-refractivity contribution in [2.24, 2.45) is 5.41 Å². The summed E-state index contributed by atoms with van der Waals surface area (Å²) in [5.74, 6) is 0. The van der Waals surface area contributed by atoms with Gasteiger partial charge in [-0.1, -0.05) is 20.8 Å². The lowest BCUT2D eigenvalue weighted by atomic mass is 9.82. The molecule has 0 amide bonds. The Morgan fingerprint density at radius 2 is 1.80 bits per heavy atom. The summed E-state index contributed by atoms with van der Waals surface area (Å²) in [6, 6.07) is 0. The number of ether oxygens (including phenoxy) is 1. The van der Waals surface area contributed by atoms with E-state index in [0.29, 0.717) is 0 Å². The molecule has 0 aliphatic carbocycles. The van der Waals surface area contributed by atoms with Gasteiger partial charge in [-0.3, -0.25) is 0 Å². The quantitative estimate of drug-likeness (QED) is 0.639. The van der Waals surface area contributed by atoms with E-state index >= 15 is 0 Å². The summed E-state index contributed by atoms with van der Waals surface area (Å²) in [7, 11) is 1.73. The fourth-order valence-corrected chi connectivity index (χ4v) is 1.79. The third kappa shape index (κ3) is 4.96. The van der Waals surface area contributed by atoms with Gasteiger partial charge in [0.2, 0.25) is 0 Å². The lowest BCUT2D eigenvalue weighted by Crippen LogP contribution is -2.41. The van der Waals surface area contributed by atoms with Crippen LogP contribution in [0.4, 0.5) is 0 Å². The topological polar surface area (TPSA) is 32.7 Å². The SMILES string of the molecule is CCN(CCOC)CC(CC)(CC)CO. The second kappa shape index (κ2) is 8.08. The molecule has 3 heteroatoms. The van der Waals surface area contributed by atoms with Crippen LogP contribution in [0.1, 0.15) is 33.6 Å². The zero-order valence-electron chi connectivity index (χ0n) is 10.8. The summed E-state index contributed by atoms with van der Waals surface area (Å²) < 4.78 is 5.09. The molecule has 0 heterocycles. The normalized spacial score (nSPS) is 12.4. The first-order chi connectivity index (χ1) is 7.17. The molecule has 0 atom stereocenters. The van der Waals surface area contributed by atoms with E-state index in [2.05, 4.69) is 25.7 Å². The third-order valence-corrected chi connectivity index (χ3v) is 3.45. The van der Waals surface area contributed by atoms with Gasteiger partial charge in [-0.2, -0.15) is 0 Å². The molecule has 1 N–H and O–H groups in total. The Balaban J connectivity index is 4.21. The molecule has 0 aromatic rings. The van der Waals surface area contributed by atoms with Crippen molar-refractivity contribution >= 4 is 0 Å². The van der Waals surface area contributed by atoms with E-state index in [-0.39, 0.29) is 12.0 Å². The number of hydrogen-bond donors (Lipinski definition) is 1. The molecule has 0 aromatic heterocycles. The number of hydrogen-bond acceptors (Lipinski definition) is 3. The molecule has 0 spiro atoms. The summed E-state index contributed by atoms with van der Waals surface area (Å²) >= 11 is 0. The van der Waals surface area contributed by atoms with Gasteiger partial charge < -0.3 is 14.7 Å². The number of rotatable bonds is 9. The largest absolute Gasteiger partial charge is 0.396 e. The van der Waals surface area contributed by atoms with Crippen LogP contribution in [0.5, 0.6) is 0 Å². The minimum atomic E-state index is 0.0732. The van der Waals surface area contributed by atoms with Crippen LogP contribution in [-0.4, -0.2) is 50.0 Å². The van der Waals surface area contributed by atoms with Gasteiger partial charge >= 0.3 is 0 Å². The van der Waals surface area contributed by atoms with Crippen LogP contribution in [-0.2, 0) is 4.74 Å². The summed E-state index contributed by atoms with van der Waals surface area (Å²) in [5, 5.41) is 9.49. The second-order valence-corrected chi connectivity index (χ2v) is 4.23. The average molecular weight is 217 g/mol. The standard InChI is InChI=1S/C12H27NO2/c1-5-12(6-2,11-14)10-13(7-3)8-9-15-4/h14H,5-11H2,1-4H3. The monoisotopic (exact) mass is 217 g/mol. The fourth-order valence-electron chi connectivity index (χ4n) is 1.79. The van der Waals surface area contributed by atoms with Crippen LogP contribution < -0.4 is 0 Å². The van der Waals surface area contributed by atoms with Gasteiger partial charge in [-0.15, -0.1) is 0 Å². The molecular formula is C12H27NO2. The zero-order chi connectivity index (χ0) is 11.7. The molecule has 3 nitrogen and oxygen atoms in total. The first-order valence-electron chi connectivity index (χ1n) is 6.00. The summed E-state index contributed by atoms with van der Waals surface area (Å²) in [6.07, 6.45) is 2.06. The fraction of sp³-hybridized carbons (Fsp3) is 1.00. The molecule has 15 heavy (non-hydrogen) atoms. The Bertz CT molecular complexity index is 138. The van der Waals surface area contributed by atoms with Crippen LogP contribution in [0, 0.1) is 5.41 Å². The van der Waals surface area contributed by atoms with Crippen molar-refractivity contribution in [1.29, 1.82) is 0 Å². The molecule has 0 rings (SSSR count). The van der Waals surface area contributed by atoms with Crippen molar-refractivity contribution in [2.75, 3.05) is 40.0 Å². The van der Waals surface area contributed by atoms with E-state index < -0.39 is 0 Å². The summed E-state index contributed by atoms with van der Waals surface area (Å²) in [6.45, 7) is 10.5. The highest BCUT2D eigenvalue weighted by molar-refractivity contribution is 4.79. The molecule has 0 saturated heterocycles. The Morgan fingerprint density at radius 3 is 2.13 bits per heavy atom. The average Bonchev–Trinajstić information content (AvgIpc) is 2.30. The zero-order valence-corrected chi connectivity index (χ0v) is 10.8. The molecule has 0 saturated carbocycles. The summed E-state index contributed by atoms with van der Waals surface area (Å²) in [4.78, 5) is 2.35. The smallest absolute Gasteiger partial charge is 0.0589 e. The van der Waals surface area contributed by atoms with Gasteiger partial charge in [0.05, 0.1) is 6.61 Å². The molecule has 0 aliphatic heterocycles. The second-order valence-electron chi connectivity index (χ2n) is 4.23. The Morgan fingerprint density at radius 1 is 1.20 bits per heavy atom. The van der Waals surface area contributed by atoms with Crippen molar-refractivity contribution < 1.29 is 9.84 Å². The maximum Gasteiger partial charge on any atom is 0.0589 e. The summed E-state index contributed by atoms with van der Waals surface area (Å²) in [5.41, 5.74) is 0.0732. The highest BCUT2D eigenvalue weighted by Crippen LogP contribution is 2.26. The molecule has 0 aliphatic rings. The molecule has 0 aromatic carbocycles. The highest BCUT2D eigenvalue weighted by Gasteiger charge is 2.27. The lowest BCUT2D eigenvalue weighted by Gasteiger charge is -2.35. The van der Waals surface area contributed by atoms with Crippen molar-refractivity contribution in [3.05, 3.63) is 0 Å². The maximum atomic E-state index is 9.49. The van der Waals surface area contributed by atoms with Gasteiger partial charge in [-0.05, 0) is 19.4 Å². The van der Waals surface area contributed by atoms with Crippen LogP contribution in [0.2, 0.25) is 0 Å². The van der Waals surface area contributed by atoms with E-state index in [4.69, 9.17) is 4.74 Å². The lowest BCUT2D eigenvalue weighted by molar-refractivity contribution is 0.0553. The minimum absolute atomic E-state index is 0.0732. The van der Waals surface area contributed by atoms with Crippen LogP contribution in [0.25, 0.3) is 0 Å². The van der Waals surface area contributed by atoms with Gasteiger partial charge in [0, 0.05) is 32.2 Å². The molecule has 0 unspecified atom stereocenters. The molecule has 0 radical (unpaired) electrons. The molecular weight excluding hydrogens is 190 g/mol. The van der Waals surface area contributed by atoms with Gasteiger partial charge in [0.1, 0.15) is 0 Å². The van der Waals surface area contributed by atoms with E-state index in [1.54, 1.807) is 7.11 Å². The van der Waals surface area contributed by atoms with E-state index in [0.717, 1.165) is 39.1 Å². The minimum Gasteiger partial charge on any atom is -0.396 e. The van der Waals surface area contributed by atoms with E-state index in [1.165, 1.54) is 0 Å². The molecule has 0 fully saturated rings. The third-order valence-electron chi connectivity index (χ3n) is 3.45. The number of likely N-dealkylation sites (N-methyl/N-ethyl adjacent to an activating group) is 1. The van der Waals surface area contributed by atoms with Crippen LogP contribution >= 0.6 is 0 Å². The Hall–Kier alpha value is -0.120. The number of methoxy groups -OCH3 is 1. The predicted molar refractivity (Wildman–Crippen MR) is 64.1 cm³/mol. The number of nitrogens with zero attached hydrogens (tertiary/aromatic N) is 1. The first-order valence-corrected chi connectivity index (χ1v) is 6.00. The van der Waals surface area contributed by atoms with E-state index in [1.807, 2.05) is 0 Å². The van der Waals surface area contributed by atoms with Crippen molar-refractivity contribution in [1.82, 2.24) is 4.90 Å². The number of aliphatic hydroxyl groups is 1. The maximum absolute atomic E-state index is 9.49. The van der Waals surface area contributed by atoms with Gasteiger partial charge in [0.15, 0.2) is 0 Å². The Labute approximate surface area is 94.4 Å².